The number of amides is 1. The van der Waals surface area contributed by atoms with Gasteiger partial charge in [-0.3, -0.25) is 4.79 Å². The Labute approximate surface area is 162 Å². The molecular weight excluding hydrogens is 356 g/mol. The van der Waals surface area contributed by atoms with E-state index in [1.54, 1.807) is 0 Å². The molecule has 4 aromatic rings. The Balaban J connectivity index is 1.70. The van der Waals surface area contributed by atoms with E-state index >= 15 is 0 Å². The first-order valence-electron chi connectivity index (χ1n) is 8.94. The van der Waals surface area contributed by atoms with E-state index in [0.717, 1.165) is 39.0 Å². The highest BCUT2D eigenvalue weighted by molar-refractivity contribution is 6.31. The average molecular weight is 373 g/mol. The molecule has 27 heavy (non-hydrogen) atoms. The molecule has 4 heteroatoms. The number of anilines is 1. The van der Waals surface area contributed by atoms with Crippen LogP contribution in [0.25, 0.3) is 22.2 Å². The monoisotopic (exact) mass is 372 g/mol. The van der Waals surface area contributed by atoms with E-state index in [2.05, 4.69) is 23.2 Å². The highest BCUT2D eigenvalue weighted by Crippen LogP contribution is 2.40. The third kappa shape index (κ3) is 2.71. The summed E-state index contributed by atoms with van der Waals surface area (Å²) in [5.74, 6) is 0.0888. The summed E-state index contributed by atoms with van der Waals surface area (Å²) in [6.07, 6.45) is 0.344. The molecule has 0 radical (unpaired) electrons. The fourth-order valence-electron chi connectivity index (χ4n) is 3.87. The maximum absolute atomic E-state index is 13.2. The number of para-hydroxylation sites is 1. The molecule has 0 spiro atoms. The molecule has 0 fully saturated rings. The normalized spacial score (nSPS) is 13.4. The lowest BCUT2D eigenvalue weighted by atomic mass is 10.0. The van der Waals surface area contributed by atoms with Gasteiger partial charge in [-0.15, -0.1) is 0 Å². The zero-order valence-corrected chi connectivity index (χ0v) is 15.3. The van der Waals surface area contributed by atoms with Crippen LogP contribution < -0.4 is 4.90 Å². The molecule has 0 unspecified atom stereocenters. The minimum absolute atomic E-state index is 0.0888. The van der Waals surface area contributed by atoms with Crippen molar-refractivity contribution in [3.05, 3.63) is 88.9 Å². The van der Waals surface area contributed by atoms with E-state index in [9.17, 15) is 4.79 Å². The van der Waals surface area contributed by atoms with Gasteiger partial charge in [0.15, 0.2) is 0 Å². The van der Waals surface area contributed by atoms with Crippen molar-refractivity contribution < 1.29 is 4.79 Å². The standard InChI is InChI=1S/C23H17ClN2O/c24-16-10-11-20-18(12-16)19-13-22(27)26(14-15-6-2-1-3-7-15)21-9-5-4-8-17(21)23(19)25-20/h1-12,25H,13-14H2. The van der Waals surface area contributed by atoms with Gasteiger partial charge in [0.05, 0.1) is 24.3 Å². The second-order valence-corrected chi connectivity index (χ2v) is 7.26. The average Bonchev–Trinajstić information content (AvgIpc) is 2.99. The zero-order chi connectivity index (χ0) is 18.4. The molecule has 0 bridgehead atoms. The lowest BCUT2D eigenvalue weighted by Crippen LogP contribution is -2.31. The number of hydrogen-bond acceptors (Lipinski definition) is 1. The number of H-pyrrole nitrogens is 1. The number of hydrogen-bond donors (Lipinski definition) is 1. The van der Waals surface area contributed by atoms with Crippen LogP contribution in [0.2, 0.25) is 5.02 Å². The van der Waals surface area contributed by atoms with Gasteiger partial charge in [0.25, 0.3) is 0 Å². The van der Waals surface area contributed by atoms with Crippen molar-refractivity contribution in [2.75, 3.05) is 4.90 Å². The Morgan fingerprint density at radius 3 is 2.59 bits per heavy atom. The third-order valence-corrected chi connectivity index (χ3v) is 5.38. The summed E-state index contributed by atoms with van der Waals surface area (Å²) >= 11 is 6.22. The molecule has 0 saturated heterocycles. The van der Waals surface area contributed by atoms with Crippen molar-refractivity contribution in [3.8, 4) is 11.3 Å². The van der Waals surface area contributed by atoms with Crippen molar-refractivity contribution in [2.45, 2.75) is 13.0 Å². The number of aromatic amines is 1. The van der Waals surface area contributed by atoms with Crippen molar-refractivity contribution in [1.82, 2.24) is 4.98 Å². The van der Waals surface area contributed by atoms with Crippen molar-refractivity contribution >= 4 is 34.1 Å². The van der Waals surface area contributed by atoms with E-state index in [1.165, 1.54) is 0 Å². The molecule has 0 atom stereocenters. The summed E-state index contributed by atoms with van der Waals surface area (Å²) < 4.78 is 0. The summed E-state index contributed by atoms with van der Waals surface area (Å²) in [5, 5.41) is 1.69. The summed E-state index contributed by atoms with van der Waals surface area (Å²) in [6.45, 7) is 0.555. The summed E-state index contributed by atoms with van der Waals surface area (Å²) in [4.78, 5) is 18.6. The first kappa shape index (κ1) is 16.2. The second-order valence-electron chi connectivity index (χ2n) is 6.83. The van der Waals surface area contributed by atoms with Gasteiger partial charge in [-0.25, -0.2) is 0 Å². The molecule has 1 aromatic heterocycles. The fraction of sp³-hybridized carbons (Fsp3) is 0.0870. The number of carbonyl (C=O) groups is 1. The number of carbonyl (C=O) groups excluding carboxylic acids is 1. The lowest BCUT2D eigenvalue weighted by Gasteiger charge is -2.23. The lowest BCUT2D eigenvalue weighted by molar-refractivity contribution is -0.118. The molecule has 3 nitrogen and oxygen atoms in total. The number of rotatable bonds is 2. The topological polar surface area (TPSA) is 36.1 Å². The minimum Gasteiger partial charge on any atom is -0.354 e. The highest BCUT2D eigenvalue weighted by Gasteiger charge is 2.28. The predicted molar refractivity (Wildman–Crippen MR) is 110 cm³/mol. The zero-order valence-electron chi connectivity index (χ0n) is 14.6. The predicted octanol–water partition coefficient (Wildman–Crippen LogP) is 5.58. The quantitative estimate of drug-likeness (QED) is 0.490. The first-order valence-corrected chi connectivity index (χ1v) is 9.32. The van der Waals surface area contributed by atoms with E-state index in [-0.39, 0.29) is 5.91 Å². The molecule has 0 saturated carbocycles. The van der Waals surface area contributed by atoms with Gasteiger partial charge in [-0.2, -0.15) is 0 Å². The number of aromatic nitrogens is 1. The van der Waals surface area contributed by atoms with Gasteiger partial charge >= 0.3 is 0 Å². The van der Waals surface area contributed by atoms with Crippen LogP contribution in [0.15, 0.2) is 72.8 Å². The Bertz CT molecular complexity index is 1160. The van der Waals surface area contributed by atoms with E-state index < -0.39 is 0 Å². The number of nitrogens with one attached hydrogen (secondary N) is 1. The molecule has 3 aromatic carbocycles. The second kappa shape index (κ2) is 6.29. The third-order valence-electron chi connectivity index (χ3n) is 5.14. The van der Waals surface area contributed by atoms with Gasteiger partial charge in [0.1, 0.15) is 0 Å². The molecule has 1 N–H and O–H groups in total. The van der Waals surface area contributed by atoms with Gasteiger partial charge in [-0.05, 0) is 35.4 Å². The maximum atomic E-state index is 13.2. The van der Waals surface area contributed by atoms with Crippen LogP contribution in [-0.4, -0.2) is 10.9 Å². The van der Waals surface area contributed by atoms with Crippen LogP contribution in [0.4, 0.5) is 5.69 Å². The summed E-state index contributed by atoms with van der Waals surface area (Å²) in [5.41, 5.74) is 6.11. The van der Waals surface area contributed by atoms with E-state index in [0.29, 0.717) is 18.0 Å². The van der Waals surface area contributed by atoms with Crippen LogP contribution in [0.3, 0.4) is 0 Å². The Kier molecular flexibility index (Phi) is 3.76. The van der Waals surface area contributed by atoms with Crippen LogP contribution in [0, 0.1) is 0 Å². The van der Waals surface area contributed by atoms with Crippen molar-refractivity contribution in [2.24, 2.45) is 0 Å². The number of benzene rings is 3. The molecule has 1 aliphatic rings. The largest absolute Gasteiger partial charge is 0.354 e. The molecule has 132 valence electrons. The Morgan fingerprint density at radius 1 is 0.963 bits per heavy atom. The smallest absolute Gasteiger partial charge is 0.231 e. The van der Waals surface area contributed by atoms with Gasteiger partial charge < -0.3 is 9.88 Å². The SMILES string of the molecule is O=C1Cc2c([nH]c3ccc(Cl)cc23)-c2ccccc2N1Cc1ccccc1. The molecule has 5 rings (SSSR count). The van der Waals surface area contributed by atoms with Gasteiger partial charge in [0.2, 0.25) is 5.91 Å². The highest BCUT2D eigenvalue weighted by atomic mass is 35.5. The number of nitrogens with zero attached hydrogens (tertiary/aromatic N) is 1. The number of fused-ring (bicyclic) bond motifs is 5. The van der Waals surface area contributed by atoms with Crippen molar-refractivity contribution in [3.63, 3.8) is 0 Å². The summed E-state index contributed by atoms with van der Waals surface area (Å²) in [7, 11) is 0. The van der Waals surface area contributed by atoms with E-state index in [1.807, 2.05) is 59.5 Å². The first-order chi connectivity index (χ1) is 13.2. The van der Waals surface area contributed by atoms with Gasteiger partial charge in [-0.1, -0.05) is 60.1 Å². The molecular formula is C23H17ClN2O. The Hall–Kier alpha value is -3.04. The molecule has 2 heterocycles. The number of halogens is 1. The van der Waals surface area contributed by atoms with E-state index in [4.69, 9.17) is 11.6 Å². The Morgan fingerprint density at radius 2 is 1.74 bits per heavy atom. The molecule has 1 aliphatic heterocycles. The van der Waals surface area contributed by atoms with Crippen molar-refractivity contribution in [1.29, 1.82) is 0 Å². The van der Waals surface area contributed by atoms with Crippen LogP contribution in [0.5, 0.6) is 0 Å². The van der Waals surface area contributed by atoms with Gasteiger partial charge in [0, 0.05) is 21.5 Å². The summed E-state index contributed by atoms with van der Waals surface area (Å²) in [6, 6.07) is 24.0. The maximum Gasteiger partial charge on any atom is 0.231 e. The van der Waals surface area contributed by atoms with Crippen LogP contribution in [0.1, 0.15) is 11.1 Å². The minimum atomic E-state index is 0.0888. The van der Waals surface area contributed by atoms with Crippen LogP contribution in [-0.2, 0) is 17.8 Å². The molecule has 1 amide bonds. The molecule has 0 aliphatic carbocycles. The van der Waals surface area contributed by atoms with Crippen LogP contribution >= 0.6 is 11.6 Å². The fourth-order valence-corrected chi connectivity index (χ4v) is 4.05.